The summed E-state index contributed by atoms with van der Waals surface area (Å²) < 4.78 is 15.6. The van der Waals surface area contributed by atoms with Gasteiger partial charge in [-0.05, 0) is 57.7 Å². The van der Waals surface area contributed by atoms with E-state index in [1.165, 1.54) is 6.07 Å². The summed E-state index contributed by atoms with van der Waals surface area (Å²) >= 11 is 6.24. The average Bonchev–Trinajstić information content (AvgIpc) is 3.01. The van der Waals surface area contributed by atoms with E-state index in [-0.39, 0.29) is 28.1 Å². The fraction of sp³-hybridized carbons (Fsp3) is 0.471. The molecule has 24 heavy (non-hydrogen) atoms. The largest absolute Gasteiger partial charge is 0.304 e. The van der Waals surface area contributed by atoms with Crippen LogP contribution in [0.2, 0.25) is 5.02 Å². The molecule has 1 aromatic heterocycles. The predicted octanol–water partition coefficient (Wildman–Crippen LogP) is 3.73. The van der Waals surface area contributed by atoms with Gasteiger partial charge in [0.2, 0.25) is 5.82 Å². The molecule has 0 saturated heterocycles. The summed E-state index contributed by atoms with van der Waals surface area (Å²) in [7, 11) is 0. The number of fused-ring (bicyclic) bond motifs is 1. The van der Waals surface area contributed by atoms with Gasteiger partial charge in [0.05, 0.1) is 16.2 Å². The van der Waals surface area contributed by atoms with Crippen LogP contribution >= 0.6 is 11.6 Å². The summed E-state index contributed by atoms with van der Waals surface area (Å²) in [6, 6.07) is 1.27. The third-order valence-electron chi connectivity index (χ3n) is 4.27. The van der Waals surface area contributed by atoms with Crippen LogP contribution in [0.3, 0.4) is 0 Å². The minimum absolute atomic E-state index is 0.121. The van der Waals surface area contributed by atoms with Gasteiger partial charge < -0.3 is 4.90 Å². The Morgan fingerprint density at radius 2 is 2.08 bits per heavy atom. The Balaban J connectivity index is 2.02. The first kappa shape index (κ1) is 16.9. The fourth-order valence-electron chi connectivity index (χ4n) is 2.89. The number of amides is 1. The molecule has 1 amide bonds. The number of nitrogens with zero attached hydrogens (tertiary/aromatic N) is 4. The number of rotatable bonds is 1. The Bertz CT molecular complexity index is 810. The molecule has 7 heteroatoms. The maximum atomic E-state index is 13.9. The minimum atomic E-state index is -0.344. The molecule has 0 saturated carbocycles. The minimum Gasteiger partial charge on any atom is -0.304 e. The Labute approximate surface area is 145 Å². The lowest BCUT2D eigenvalue weighted by atomic mass is 9.96. The molecule has 0 aliphatic carbocycles. The van der Waals surface area contributed by atoms with Crippen molar-refractivity contribution < 1.29 is 9.18 Å². The lowest BCUT2D eigenvalue weighted by Gasteiger charge is -2.30. The van der Waals surface area contributed by atoms with Crippen LogP contribution < -0.4 is 4.90 Å². The van der Waals surface area contributed by atoms with Crippen molar-refractivity contribution in [2.75, 3.05) is 11.4 Å². The van der Waals surface area contributed by atoms with E-state index in [4.69, 9.17) is 11.6 Å². The number of hydrogen-bond donors (Lipinski definition) is 0. The maximum absolute atomic E-state index is 13.9. The van der Waals surface area contributed by atoms with Crippen LogP contribution in [0.25, 0.3) is 0 Å². The molecule has 0 radical (unpaired) electrons. The first-order valence-electron chi connectivity index (χ1n) is 7.91. The Morgan fingerprint density at radius 1 is 1.38 bits per heavy atom. The molecule has 0 fully saturated rings. The SMILES string of the molecule is Cc1c(F)cc(Cl)c2c1CCCN2C(=O)c1ncn(C(C)(C)C)n1. The van der Waals surface area contributed by atoms with Gasteiger partial charge in [0, 0.05) is 6.54 Å². The van der Waals surface area contributed by atoms with Crippen molar-refractivity contribution in [3.05, 3.63) is 40.2 Å². The van der Waals surface area contributed by atoms with Crippen molar-refractivity contribution in [1.29, 1.82) is 0 Å². The number of carbonyl (C=O) groups is 1. The van der Waals surface area contributed by atoms with Crippen molar-refractivity contribution in [3.8, 4) is 0 Å². The first-order chi connectivity index (χ1) is 11.2. The number of aromatic nitrogens is 3. The van der Waals surface area contributed by atoms with Crippen LogP contribution in [-0.2, 0) is 12.0 Å². The van der Waals surface area contributed by atoms with Crippen LogP contribution in [0.4, 0.5) is 10.1 Å². The molecule has 1 aromatic carbocycles. The molecule has 128 valence electrons. The van der Waals surface area contributed by atoms with Gasteiger partial charge in [0.1, 0.15) is 12.1 Å². The van der Waals surface area contributed by atoms with Gasteiger partial charge in [0.25, 0.3) is 5.91 Å². The van der Waals surface area contributed by atoms with Crippen molar-refractivity contribution in [1.82, 2.24) is 14.8 Å². The van der Waals surface area contributed by atoms with Crippen molar-refractivity contribution in [2.45, 2.75) is 46.1 Å². The molecular weight excluding hydrogens is 331 g/mol. The summed E-state index contributed by atoms with van der Waals surface area (Å²) in [5.41, 5.74) is 1.65. The highest BCUT2D eigenvalue weighted by molar-refractivity contribution is 6.34. The molecule has 0 atom stereocenters. The van der Waals surface area contributed by atoms with Gasteiger partial charge in [-0.1, -0.05) is 11.6 Å². The topological polar surface area (TPSA) is 51.0 Å². The Morgan fingerprint density at radius 3 is 2.71 bits per heavy atom. The zero-order chi connectivity index (χ0) is 17.6. The standard InChI is InChI=1S/C17H20ClFN4O/c1-10-11-6-5-7-22(14(11)12(18)8-13(10)19)16(24)15-20-9-23(21-15)17(2,3)4/h8-9H,5-7H2,1-4H3. The average molecular weight is 351 g/mol. The lowest BCUT2D eigenvalue weighted by Crippen LogP contribution is -2.37. The van der Waals surface area contributed by atoms with Crippen molar-refractivity contribution >= 4 is 23.2 Å². The molecule has 0 spiro atoms. The number of anilines is 1. The van der Waals surface area contributed by atoms with E-state index in [2.05, 4.69) is 10.1 Å². The van der Waals surface area contributed by atoms with E-state index in [0.29, 0.717) is 24.2 Å². The number of benzene rings is 1. The van der Waals surface area contributed by atoms with Gasteiger partial charge in [-0.2, -0.15) is 0 Å². The molecule has 0 bridgehead atoms. The van der Waals surface area contributed by atoms with E-state index >= 15 is 0 Å². The Hall–Kier alpha value is -1.95. The highest BCUT2D eigenvalue weighted by Gasteiger charge is 2.30. The molecule has 0 N–H and O–H groups in total. The zero-order valence-corrected chi connectivity index (χ0v) is 15.0. The van der Waals surface area contributed by atoms with Gasteiger partial charge >= 0.3 is 0 Å². The third-order valence-corrected chi connectivity index (χ3v) is 4.56. The Kier molecular flexibility index (Phi) is 4.11. The van der Waals surface area contributed by atoms with E-state index in [1.807, 2.05) is 20.8 Å². The second-order valence-electron chi connectivity index (χ2n) is 7.04. The zero-order valence-electron chi connectivity index (χ0n) is 14.2. The predicted molar refractivity (Wildman–Crippen MR) is 91.2 cm³/mol. The number of hydrogen-bond acceptors (Lipinski definition) is 3. The summed E-state index contributed by atoms with van der Waals surface area (Å²) in [5, 5.41) is 4.54. The van der Waals surface area contributed by atoms with E-state index < -0.39 is 0 Å². The fourth-order valence-corrected chi connectivity index (χ4v) is 3.20. The lowest BCUT2D eigenvalue weighted by molar-refractivity contribution is 0.0974. The van der Waals surface area contributed by atoms with Gasteiger partial charge in [0.15, 0.2) is 0 Å². The first-order valence-corrected chi connectivity index (χ1v) is 8.29. The second-order valence-corrected chi connectivity index (χ2v) is 7.44. The molecular formula is C17H20ClFN4O. The molecule has 1 aliphatic heterocycles. The molecule has 2 heterocycles. The van der Waals surface area contributed by atoms with E-state index in [0.717, 1.165) is 12.0 Å². The smallest absolute Gasteiger partial charge is 0.297 e. The van der Waals surface area contributed by atoms with Crippen LogP contribution in [0, 0.1) is 12.7 Å². The molecule has 0 unspecified atom stereocenters. The molecule has 2 aromatic rings. The van der Waals surface area contributed by atoms with Crippen LogP contribution in [-0.4, -0.2) is 27.2 Å². The number of carbonyl (C=O) groups excluding carboxylic acids is 1. The quantitative estimate of drug-likeness (QED) is 0.787. The number of halogens is 2. The third kappa shape index (κ3) is 2.79. The van der Waals surface area contributed by atoms with Gasteiger partial charge in [-0.3, -0.25) is 4.79 Å². The molecule has 5 nitrogen and oxygen atoms in total. The molecule has 1 aliphatic rings. The van der Waals surface area contributed by atoms with Crippen molar-refractivity contribution in [3.63, 3.8) is 0 Å². The highest BCUT2D eigenvalue weighted by Crippen LogP contribution is 2.38. The van der Waals surface area contributed by atoms with E-state index in [9.17, 15) is 9.18 Å². The van der Waals surface area contributed by atoms with Crippen molar-refractivity contribution in [2.24, 2.45) is 0 Å². The van der Waals surface area contributed by atoms with Gasteiger partial charge in [-0.25, -0.2) is 14.1 Å². The summed E-state index contributed by atoms with van der Waals surface area (Å²) in [5.74, 6) is -0.536. The molecule has 3 rings (SSSR count). The maximum Gasteiger partial charge on any atom is 0.297 e. The van der Waals surface area contributed by atoms with Gasteiger partial charge in [-0.15, -0.1) is 5.10 Å². The second kappa shape index (κ2) is 5.84. The van der Waals surface area contributed by atoms with Crippen LogP contribution in [0.5, 0.6) is 0 Å². The van der Waals surface area contributed by atoms with Crippen LogP contribution in [0.15, 0.2) is 12.4 Å². The summed E-state index contributed by atoms with van der Waals surface area (Å²) in [4.78, 5) is 18.6. The monoisotopic (exact) mass is 350 g/mol. The normalized spacial score (nSPS) is 14.7. The van der Waals surface area contributed by atoms with E-state index in [1.54, 1.807) is 22.8 Å². The van der Waals surface area contributed by atoms with Crippen LogP contribution in [0.1, 0.15) is 48.9 Å². The highest BCUT2D eigenvalue weighted by atomic mass is 35.5. The summed E-state index contributed by atoms with van der Waals surface area (Å²) in [6.45, 7) is 8.17. The summed E-state index contributed by atoms with van der Waals surface area (Å²) in [6.07, 6.45) is 3.00.